The minimum absolute atomic E-state index is 0. The van der Waals surface area contributed by atoms with E-state index in [9.17, 15) is 4.79 Å². The Labute approximate surface area is 75.4 Å². The molecule has 0 atom stereocenters. The molecule has 0 bridgehead atoms. The summed E-state index contributed by atoms with van der Waals surface area (Å²) in [5.74, 6) is 0.359. The lowest BCUT2D eigenvalue weighted by molar-refractivity contribution is -0.118. The van der Waals surface area contributed by atoms with Gasteiger partial charge in [-0.2, -0.15) is 0 Å². The third kappa shape index (κ3) is 1.48. The van der Waals surface area contributed by atoms with Crippen LogP contribution in [-0.4, -0.2) is 17.5 Å². The Bertz CT molecular complexity index is 303. The maximum atomic E-state index is 10.8. The molecule has 0 saturated carbocycles. The summed E-state index contributed by atoms with van der Waals surface area (Å²) in [6, 6.07) is 3.49. The molecule has 0 radical (unpaired) electrons. The molecule has 1 N–H and O–H groups in total. The van der Waals surface area contributed by atoms with Crippen molar-refractivity contribution in [2.45, 2.75) is 0 Å². The third-order valence-electron chi connectivity index (χ3n) is 1.39. The Morgan fingerprint density at radius 1 is 1.58 bits per heavy atom. The van der Waals surface area contributed by atoms with Gasteiger partial charge < -0.3 is 10.1 Å². The third-order valence-corrected chi connectivity index (χ3v) is 1.39. The zero-order valence-electron chi connectivity index (χ0n) is 6.11. The van der Waals surface area contributed by atoms with Gasteiger partial charge >= 0.3 is 0 Å². The summed E-state index contributed by atoms with van der Waals surface area (Å²) in [5, 5.41) is 2.63. The highest BCUT2D eigenvalue weighted by atomic mass is 35.5. The molecule has 0 unspecified atom stereocenters. The van der Waals surface area contributed by atoms with E-state index in [1.165, 1.54) is 0 Å². The molecule has 0 aliphatic carbocycles. The Morgan fingerprint density at radius 3 is 3.25 bits per heavy atom. The van der Waals surface area contributed by atoms with Crippen molar-refractivity contribution in [1.82, 2.24) is 4.98 Å². The average molecular weight is 187 g/mol. The highest BCUT2D eigenvalue weighted by Gasteiger charge is 2.15. The number of hydrogen-bond donors (Lipinski definition) is 1. The lowest BCUT2D eigenvalue weighted by Gasteiger charge is -2.15. The van der Waals surface area contributed by atoms with Gasteiger partial charge in [-0.3, -0.25) is 4.79 Å². The SMILES string of the molecule is Cl.O=C1COc2ncccc2N1. The first-order valence-electron chi connectivity index (χ1n) is 3.24. The molecule has 12 heavy (non-hydrogen) atoms. The van der Waals surface area contributed by atoms with E-state index in [-0.39, 0.29) is 24.9 Å². The largest absolute Gasteiger partial charge is 0.466 e. The van der Waals surface area contributed by atoms with Gasteiger partial charge in [0.05, 0.1) is 0 Å². The van der Waals surface area contributed by atoms with Gasteiger partial charge in [-0.15, -0.1) is 12.4 Å². The van der Waals surface area contributed by atoms with Crippen LogP contribution < -0.4 is 10.1 Å². The first-order valence-corrected chi connectivity index (χ1v) is 3.24. The monoisotopic (exact) mass is 186 g/mol. The number of hydrogen-bond acceptors (Lipinski definition) is 3. The van der Waals surface area contributed by atoms with Crippen LogP contribution in [0.5, 0.6) is 5.88 Å². The van der Waals surface area contributed by atoms with Gasteiger partial charge in [0.25, 0.3) is 5.91 Å². The number of amides is 1. The van der Waals surface area contributed by atoms with Crippen molar-refractivity contribution < 1.29 is 9.53 Å². The summed E-state index contributed by atoms with van der Waals surface area (Å²) in [6.45, 7) is 0.0595. The molecule has 0 aromatic carbocycles. The topological polar surface area (TPSA) is 51.2 Å². The number of ether oxygens (including phenoxy) is 1. The Hall–Kier alpha value is -1.29. The summed E-state index contributed by atoms with van der Waals surface area (Å²) >= 11 is 0. The summed E-state index contributed by atoms with van der Waals surface area (Å²) in [5.41, 5.74) is 0.642. The second kappa shape index (κ2) is 3.40. The first-order chi connectivity index (χ1) is 5.36. The van der Waals surface area contributed by atoms with Crippen molar-refractivity contribution in [2.24, 2.45) is 0 Å². The number of nitrogens with one attached hydrogen (secondary N) is 1. The maximum absolute atomic E-state index is 10.8. The number of fused-ring (bicyclic) bond motifs is 1. The Balaban J connectivity index is 0.000000720. The maximum Gasteiger partial charge on any atom is 0.262 e. The van der Waals surface area contributed by atoms with Gasteiger partial charge in [0.2, 0.25) is 5.88 Å². The lowest BCUT2D eigenvalue weighted by Crippen LogP contribution is -2.25. The fraction of sp³-hybridized carbons (Fsp3) is 0.143. The number of halogens is 1. The molecule has 1 aliphatic heterocycles. The lowest BCUT2D eigenvalue weighted by atomic mass is 10.3. The highest BCUT2D eigenvalue weighted by molar-refractivity contribution is 5.94. The van der Waals surface area contributed by atoms with E-state index in [1.54, 1.807) is 18.3 Å². The minimum atomic E-state index is -0.134. The zero-order chi connectivity index (χ0) is 7.68. The van der Waals surface area contributed by atoms with Crippen LogP contribution in [0.2, 0.25) is 0 Å². The molecule has 64 valence electrons. The van der Waals surface area contributed by atoms with Crippen molar-refractivity contribution in [3.8, 4) is 5.88 Å². The smallest absolute Gasteiger partial charge is 0.262 e. The van der Waals surface area contributed by atoms with Crippen LogP contribution in [0.25, 0.3) is 0 Å². The predicted octanol–water partition coefficient (Wildman–Crippen LogP) is 0.834. The van der Waals surface area contributed by atoms with Crippen LogP contribution in [0.4, 0.5) is 5.69 Å². The van der Waals surface area contributed by atoms with E-state index in [1.807, 2.05) is 0 Å². The number of nitrogens with zero attached hydrogens (tertiary/aromatic N) is 1. The van der Waals surface area contributed by atoms with E-state index >= 15 is 0 Å². The van der Waals surface area contributed by atoms with Gasteiger partial charge in [0.1, 0.15) is 5.69 Å². The number of rotatable bonds is 0. The fourth-order valence-electron chi connectivity index (χ4n) is 0.921. The molecule has 1 aromatic heterocycles. The number of pyridine rings is 1. The van der Waals surface area contributed by atoms with E-state index in [0.29, 0.717) is 11.6 Å². The van der Waals surface area contributed by atoms with Crippen LogP contribution in [0, 0.1) is 0 Å². The van der Waals surface area contributed by atoms with Crippen molar-refractivity contribution in [2.75, 3.05) is 11.9 Å². The molecule has 4 nitrogen and oxygen atoms in total. The van der Waals surface area contributed by atoms with E-state index < -0.39 is 0 Å². The first kappa shape index (κ1) is 8.80. The van der Waals surface area contributed by atoms with Crippen molar-refractivity contribution in [3.05, 3.63) is 18.3 Å². The molecular formula is C7H7ClN2O2. The second-order valence-electron chi connectivity index (χ2n) is 2.19. The molecule has 2 rings (SSSR count). The summed E-state index contributed by atoms with van der Waals surface area (Å²) in [7, 11) is 0. The van der Waals surface area contributed by atoms with Gasteiger partial charge in [0, 0.05) is 6.20 Å². The normalized spacial score (nSPS) is 13.5. The molecule has 1 amide bonds. The summed E-state index contributed by atoms with van der Waals surface area (Å²) < 4.78 is 5.01. The molecule has 0 spiro atoms. The Morgan fingerprint density at radius 2 is 2.42 bits per heavy atom. The van der Waals surface area contributed by atoms with Gasteiger partial charge in [-0.05, 0) is 12.1 Å². The standard InChI is InChI=1S/C7H6N2O2.ClH/c10-6-4-11-7-5(9-6)2-1-3-8-7;/h1-3H,4H2,(H,9,10);1H. The van der Waals surface area contributed by atoms with Gasteiger partial charge in [-0.1, -0.05) is 0 Å². The quantitative estimate of drug-likeness (QED) is 0.653. The average Bonchev–Trinajstić information content (AvgIpc) is 2.04. The fourth-order valence-corrected chi connectivity index (χ4v) is 0.921. The van der Waals surface area contributed by atoms with Crippen LogP contribution >= 0.6 is 12.4 Å². The number of carbonyl (C=O) groups excluding carboxylic acids is 1. The summed E-state index contributed by atoms with van der Waals surface area (Å²) in [6.07, 6.45) is 1.62. The van der Waals surface area contributed by atoms with Crippen LogP contribution in [0.15, 0.2) is 18.3 Å². The number of anilines is 1. The van der Waals surface area contributed by atoms with Crippen LogP contribution in [0.3, 0.4) is 0 Å². The number of carbonyl (C=O) groups is 1. The van der Waals surface area contributed by atoms with E-state index in [4.69, 9.17) is 4.74 Å². The molecular weight excluding hydrogens is 180 g/mol. The van der Waals surface area contributed by atoms with Gasteiger partial charge in [0.15, 0.2) is 6.61 Å². The molecule has 0 fully saturated rings. The van der Waals surface area contributed by atoms with Crippen molar-refractivity contribution >= 4 is 24.0 Å². The highest BCUT2D eigenvalue weighted by Crippen LogP contribution is 2.22. The number of aromatic nitrogens is 1. The Kier molecular flexibility index (Phi) is 2.50. The second-order valence-corrected chi connectivity index (χ2v) is 2.19. The van der Waals surface area contributed by atoms with Crippen molar-refractivity contribution in [1.29, 1.82) is 0 Å². The van der Waals surface area contributed by atoms with E-state index in [0.717, 1.165) is 0 Å². The molecule has 2 heterocycles. The summed E-state index contributed by atoms with van der Waals surface area (Å²) in [4.78, 5) is 14.7. The van der Waals surface area contributed by atoms with Crippen LogP contribution in [0.1, 0.15) is 0 Å². The minimum Gasteiger partial charge on any atom is -0.466 e. The van der Waals surface area contributed by atoms with Crippen LogP contribution in [-0.2, 0) is 4.79 Å². The molecule has 1 aliphatic rings. The molecule has 0 saturated heterocycles. The molecule has 5 heteroatoms. The van der Waals surface area contributed by atoms with E-state index in [2.05, 4.69) is 10.3 Å². The van der Waals surface area contributed by atoms with Crippen molar-refractivity contribution in [3.63, 3.8) is 0 Å². The zero-order valence-corrected chi connectivity index (χ0v) is 6.93. The predicted molar refractivity (Wildman–Crippen MR) is 45.6 cm³/mol. The van der Waals surface area contributed by atoms with Gasteiger partial charge in [-0.25, -0.2) is 4.98 Å². The molecule has 1 aromatic rings.